The van der Waals surface area contributed by atoms with E-state index in [0.717, 1.165) is 22.5 Å². The number of amides is 1. The number of phenolic OH excluding ortho intramolecular Hbond substituents is 2. The Hall–Kier alpha value is -4.98. The number of hydrogen-bond donors (Lipinski definition) is 3. The molecule has 0 spiro atoms. The van der Waals surface area contributed by atoms with Crippen LogP contribution in [0.15, 0.2) is 66.7 Å². The Morgan fingerprint density at radius 1 is 0.842 bits per heavy atom. The predicted molar refractivity (Wildman–Crippen MR) is 149 cm³/mol. The van der Waals surface area contributed by atoms with Crippen LogP contribution in [0.4, 0.5) is 0 Å². The van der Waals surface area contributed by atoms with Crippen molar-refractivity contribution in [3.8, 4) is 28.7 Å². The first-order chi connectivity index (χ1) is 18.4. The molecule has 0 aliphatic carbocycles. The minimum Gasteiger partial charge on any atom is -0.504 e. The number of aromatic hydroxyl groups is 2. The van der Waals surface area contributed by atoms with E-state index in [1.165, 1.54) is 14.2 Å². The van der Waals surface area contributed by atoms with Crippen molar-refractivity contribution in [1.29, 1.82) is 0 Å². The van der Waals surface area contributed by atoms with Crippen LogP contribution in [0.5, 0.6) is 23.0 Å². The Kier molecular flexibility index (Phi) is 8.13. The maximum atomic E-state index is 12.2. The average Bonchev–Trinajstić information content (AvgIpc) is 3.35. The highest BCUT2D eigenvalue weighted by Gasteiger charge is 2.10. The predicted octanol–water partition coefficient (Wildman–Crippen LogP) is 5.39. The molecule has 0 saturated carbocycles. The molecule has 0 radical (unpaired) electrons. The minimum absolute atomic E-state index is 0.0696. The maximum absolute atomic E-state index is 12.2. The van der Waals surface area contributed by atoms with Crippen molar-refractivity contribution >= 4 is 30.2 Å². The zero-order valence-corrected chi connectivity index (χ0v) is 21.4. The Balaban J connectivity index is 1.69. The van der Waals surface area contributed by atoms with Gasteiger partial charge in [-0.05, 0) is 84.8 Å². The lowest BCUT2D eigenvalue weighted by molar-refractivity contribution is 0.0956. The van der Waals surface area contributed by atoms with Gasteiger partial charge in [-0.1, -0.05) is 24.3 Å². The molecule has 194 valence electrons. The molecule has 0 aliphatic heterocycles. The van der Waals surface area contributed by atoms with Crippen molar-refractivity contribution in [3.63, 3.8) is 0 Å². The molecule has 38 heavy (non-hydrogen) atoms. The number of aromatic nitrogens is 2. The monoisotopic (exact) mass is 511 g/mol. The molecule has 8 nitrogen and oxygen atoms in total. The highest BCUT2D eigenvalue weighted by molar-refractivity contribution is 5.94. The van der Waals surface area contributed by atoms with Crippen LogP contribution in [0.25, 0.3) is 30.0 Å². The fourth-order valence-corrected chi connectivity index (χ4v) is 3.80. The zero-order chi connectivity index (χ0) is 27.1. The second-order valence-corrected chi connectivity index (χ2v) is 8.34. The molecule has 0 atom stereocenters. The van der Waals surface area contributed by atoms with Crippen molar-refractivity contribution in [1.82, 2.24) is 15.1 Å². The van der Waals surface area contributed by atoms with E-state index in [1.807, 2.05) is 49.4 Å². The van der Waals surface area contributed by atoms with Crippen molar-refractivity contribution in [2.24, 2.45) is 0 Å². The minimum atomic E-state index is -0.131. The molecular formula is C30H29N3O5. The van der Waals surface area contributed by atoms with Gasteiger partial charge in [-0.25, -0.2) is 4.68 Å². The third kappa shape index (κ3) is 6.04. The Bertz CT molecular complexity index is 1490. The lowest BCUT2D eigenvalue weighted by Crippen LogP contribution is -2.22. The molecule has 0 aliphatic rings. The first-order valence-corrected chi connectivity index (χ1v) is 12.0. The van der Waals surface area contributed by atoms with Gasteiger partial charge in [-0.15, -0.1) is 0 Å². The summed E-state index contributed by atoms with van der Waals surface area (Å²) in [5, 5.41) is 27.3. The molecule has 0 bridgehead atoms. The Morgan fingerprint density at radius 2 is 1.42 bits per heavy atom. The summed E-state index contributed by atoms with van der Waals surface area (Å²) in [6.07, 6.45) is 7.56. The van der Waals surface area contributed by atoms with E-state index >= 15 is 0 Å². The molecule has 4 rings (SSSR count). The van der Waals surface area contributed by atoms with Gasteiger partial charge in [0.05, 0.1) is 31.3 Å². The van der Waals surface area contributed by atoms with Crippen molar-refractivity contribution in [2.45, 2.75) is 6.92 Å². The van der Waals surface area contributed by atoms with Crippen LogP contribution >= 0.6 is 0 Å². The zero-order valence-electron chi connectivity index (χ0n) is 21.4. The van der Waals surface area contributed by atoms with Crippen molar-refractivity contribution in [3.05, 3.63) is 94.8 Å². The van der Waals surface area contributed by atoms with Crippen LogP contribution in [0.1, 0.15) is 39.8 Å². The lowest BCUT2D eigenvalue weighted by Gasteiger charge is -2.07. The summed E-state index contributed by atoms with van der Waals surface area (Å²) in [4.78, 5) is 12.2. The van der Waals surface area contributed by atoms with Crippen molar-refractivity contribution in [2.75, 3.05) is 20.8 Å². The molecular weight excluding hydrogens is 482 g/mol. The summed E-state index contributed by atoms with van der Waals surface area (Å²) in [6.45, 7) is 2.43. The van der Waals surface area contributed by atoms with E-state index in [4.69, 9.17) is 14.6 Å². The number of ether oxygens (including phenoxy) is 2. The average molecular weight is 512 g/mol. The summed E-state index contributed by atoms with van der Waals surface area (Å²) in [5.74, 6) is 0.782. The quantitative estimate of drug-likeness (QED) is 0.278. The first-order valence-electron chi connectivity index (χ1n) is 12.0. The summed E-state index contributed by atoms with van der Waals surface area (Å²) in [6, 6.07) is 19.3. The number of carbonyl (C=O) groups is 1. The van der Waals surface area contributed by atoms with Gasteiger partial charge in [-0.2, -0.15) is 5.10 Å². The Labute approximate surface area is 221 Å². The molecule has 1 aromatic heterocycles. The van der Waals surface area contributed by atoms with Crippen LogP contribution < -0.4 is 14.8 Å². The van der Waals surface area contributed by atoms with Crippen LogP contribution in [-0.4, -0.2) is 46.7 Å². The second-order valence-electron chi connectivity index (χ2n) is 8.34. The van der Waals surface area contributed by atoms with Gasteiger partial charge < -0.3 is 25.0 Å². The fourth-order valence-electron chi connectivity index (χ4n) is 3.80. The smallest absolute Gasteiger partial charge is 0.251 e. The molecule has 0 fully saturated rings. The third-order valence-electron chi connectivity index (χ3n) is 5.77. The number of nitrogens with one attached hydrogen (secondary N) is 1. The van der Waals surface area contributed by atoms with Gasteiger partial charge in [0.2, 0.25) is 0 Å². The fraction of sp³-hybridized carbons (Fsp3) is 0.133. The molecule has 0 saturated heterocycles. The molecule has 1 amide bonds. The van der Waals surface area contributed by atoms with Crippen LogP contribution in [0.2, 0.25) is 0 Å². The summed E-state index contributed by atoms with van der Waals surface area (Å²) >= 11 is 0. The van der Waals surface area contributed by atoms with Gasteiger partial charge in [0.1, 0.15) is 0 Å². The number of phenols is 2. The van der Waals surface area contributed by atoms with E-state index in [2.05, 4.69) is 5.32 Å². The van der Waals surface area contributed by atoms with Gasteiger partial charge in [-0.3, -0.25) is 4.79 Å². The largest absolute Gasteiger partial charge is 0.504 e. The van der Waals surface area contributed by atoms with Gasteiger partial charge in [0.15, 0.2) is 23.0 Å². The van der Waals surface area contributed by atoms with Crippen LogP contribution in [0, 0.1) is 0 Å². The number of benzene rings is 3. The molecule has 3 N–H and O–H groups in total. The highest BCUT2D eigenvalue weighted by atomic mass is 16.5. The number of rotatable bonds is 9. The second kappa shape index (κ2) is 11.8. The molecule has 0 unspecified atom stereocenters. The van der Waals surface area contributed by atoms with Crippen LogP contribution in [0.3, 0.4) is 0 Å². The van der Waals surface area contributed by atoms with Gasteiger partial charge in [0.25, 0.3) is 5.91 Å². The third-order valence-corrected chi connectivity index (χ3v) is 5.77. The van der Waals surface area contributed by atoms with Crippen LogP contribution in [-0.2, 0) is 0 Å². The Morgan fingerprint density at radius 3 is 1.97 bits per heavy atom. The highest BCUT2D eigenvalue weighted by Crippen LogP contribution is 2.28. The summed E-state index contributed by atoms with van der Waals surface area (Å²) in [5.41, 5.74) is 4.53. The summed E-state index contributed by atoms with van der Waals surface area (Å²) < 4.78 is 12.2. The topological polar surface area (TPSA) is 106 Å². The molecule has 1 heterocycles. The normalized spacial score (nSPS) is 11.2. The van der Waals surface area contributed by atoms with E-state index < -0.39 is 0 Å². The van der Waals surface area contributed by atoms with E-state index in [1.54, 1.807) is 53.2 Å². The summed E-state index contributed by atoms with van der Waals surface area (Å²) in [7, 11) is 3.01. The van der Waals surface area contributed by atoms with E-state index in [9.17, 15) is 15.0 Å². The number of methoxy groups -OCH3 is 2. The first kappa shape index (κ1) is 26.1. The molecule has 8 heteroatoms. The lowest BCUT2D eigenvalue weighted by atomic mass is 10.1. The number of carbonyl (C=O) groups excluding carboxylic acids is 1. The van der Waals surface area contributed by atoms with E-state index in [-0.39, 0.29) is 17.4 Å². The molecule has 3 aromatic carbocycles. The SMILES string of the molecule is CCNC(=O)c1ccc(-n2nc(/C=C/c3ccc(O)c(OC)c3)cc2/C=C/c2ccc(O)c(OC)c2)cc1. The molecule has 4 aromatic rings. The van der Waals surface area contributed by atoms with E-state index in [0.29, 0.717) is 29.3 Å². The number of hydrogen-bond acceptors (Lipinski definition) is 6. The number of nitrogens with zero attached hydrogens (tertiary/aromatic N) is 2. The van der Waals surface area contributed by atoms with Crippen molar-refractivity contribution < 1.29 is 24.5 Å². The maximum Gasteiger partial charge on any atom is 0.251 e. The standard InChI is InChI=1S/C30H29N3O5/c1-4-31-30(36)22-9-13-24(14-10-22)33-25(12-6-21-8-16-27(35)29(18-21)38-3)19-23(32-33)11-5-20-7-15-26(34)28(17-20)37-2/h5-19,34-35H,4H2,1-3H3,(H,31,36)/b11-5+,12-6+. The van der Waals surface area contributed by atoms with Gasteiger partial charge >= 0.3 is 0 Å². The van der Waals surface area contributed by atoms with Gasteiger partial charge in [0, 0.05) is 12.1 Å².